The molecule has 0 saturated carbocycles. The zero-order chi connectivity index (χ0) is 49.6. The number of carboxylic acids is 1. The van der Waals surface area contributed by atoms with Gasteiger partial charge in [0.1, 0.15) is 42.3 Å². The van der Waals surface area contributed by atoms with Crippen LogP contribution in [0.4, 0.5) is 0 Å². The zero-order valence-electron chi connectivity index (χ0n) is 39.6. The van der Waals surface area contributed by atoms with Gasteiger partial charge in [0.15, 0.2) is 0 Å². The van der Waals surface area contributed by atoms with E-state index in [2.05, 4.69) is 47.9 Å². The maximum Gasteiger partial charge on any atom is 0.326 e. The number of hydrogen-bond acceptors (Lipinski definition) is 12. The molecule has 0 aromatic heterocycles. The summed E-state index contributed by atoms with van der Waals surface area (Å²) >= 11 is 0. The van der Waals surface area contributed by atoms with Gasteiger partial charge in [-0.2, -0.15) is 0 Å². The Labute approximate surface area is 377 Å². The Morgan fingerprint density at radius 1 is 0.453 bits per heavy atom. The van der Waals surface area contributed by atoms with Gasteiger partial charge in [0.05, 0.1) is 19.1 Å². The van der Waals surface area contributed by atoms with Gasteiger partial charge in [0.25, 0.3) is 0 Å². The molecule has 0 saturated heterocycles. The molecule has 0 fully saturated rings. The molecule has 8 atom stereocenters. The van der Waals surface area contributed by atoms with Crippen molar-refractivity contribution in [1.29, 1.82) is 0 Å². The summed E-state index contributed by atoms with van der Waals surface area (Å²) < 4.78 is 0. The van der Waals surface area contributed by atoms with Gasteiger partial charge in [0.2, 0.25) is 53.2 Å². The molecule has 8 unspecified atom stereocenters. The standard InChI is InChI=1S/C42H77N11O11/c1-20(2)17-28(49-37(58)27(44)15-13-14-16-43)38(59)51-32(22(5)6)40(61)53-33(23(7)8)41(62)52-31(21(3)4)39(60)46-18-29(54)47-26(12)36(57)48-25(11)35(56)45-19-30(55)50-34(24(9)10)42(63)64/h20-28,31-34H,13-19,43-44H2,1-12H3,(H,45,56)(H,46,60)(H,47,54)(H,48,57)(H,49,58)(H,50,55)(H,51,59)(H,52,62)(H,53,61)(H,63,64). The normalized spacial score (nSPS) is 15.1. The van der Waals surface area contributed by atoms with Crippen LogP contribution in [0, 0.1) is 29.6 Å². The average molecular weight is 912 g/mol. The molecule has 0 aromatic rings. The predicted octanol–water partition coefficient (Wildman–Crippen LogP) is -2.14. The molecule has 0 spiro atoms. The smallest absolute Gasteiger partial charge is 0.326 e. The molecule has 366 valence electrons. The lowest BCUT2D eigenvalue weighted by molar-refractivity contribution is -0.143. The van der Waals surface area contributed by atoms with Crippen molar-refractivity contribution in [3.05, 3.63) is 0 Å². The van der Waals surface area contributed by atoms with Crippen molar-refractivity contribution in [2.24, 2.45) is 41.1 Å². The maximum absolute atomic E-state index is 13.7. The summed E-state index contributed by atoms with van der Waals surface area (Å²) in [6, 6.07) is -8.73. The number of aliphatic carboxylic acids is 1. The highest BCUT2D eigenvalue weighted by Gasteiger charge is 2.35. The fourth-order valence-electron chi connectivity index (χ4n) is 6.06. The summed E-state index contributed by atoms with van der Waals surface area (Å²) in [5.74, 6) is -9.27. The van der Waals surface area contributed by atoms with Crippen LogP contribution in [-0.2, 0) is 47.9 Å². The molecule has 22 heteroatoms. The van der Waals surface area contributed by atoms with Crippen molar-refractivity contribution in [1.82, 2.24) is 47.9 Å². The predicted molar refractivity (Wildman–Crippen MR) is 238 cm³/mol. The van der Waals surface area contributed by atoms with Gasteiger partial charge in [-0.3, -0.25) is 43.2 Å². The highest BCUT2D eigenvalue weighted by atomic mass is 16.4. The minimum absolute atomic E-state index is 0.000307. The molecule has 0 bridgehead atoms. The minimum atomic E-state index is -1.23. The molecule has 0 aliphatic carbocycles. The molecule has 14 N–H and O–H groups in total. The van der Waals surface area contributed by atoms with Crippen molar-refractivity contribution in [2.75, 3.05) is 19.6 Å². The third-order valence-corrected chi connectivity index (χ3v) is 10.0. The quantitative estimate of drug-likeness (QED) is 0.0357. The molecule has 22 nitrogen and oxygen atoms in total. The highest BCUT2D eigenvalue weighted by molar-refractivity contribution is 5.97. The van der Waals surface area contributed by atoms with Crippen molar-refractivity contribution < 1.29 is 53.1 Å². The first kappa shape index (κ1) is 58.6. The van der Waals surface area contributed by atoms with Crippen LogP contribution >= 0.6 is 0 Å². The lowest BCUT2D eigenvalue weighted by Gasteiger charge is -2.30. The second kappa shape index (κ2) is 29.1. The molecule has 0 aromatic carbocycles. The van der Waals surface area contributed by atoms with Crippen LogP contribution in [0.1, 0.15) is 109 Å². The number of carbonyl (C=O) groups is 10. The molecular weight excluding hydrogens is 835 g/mol. The van der Waals surface area contributed by atoms with E-state index in [-0.39, 0.29) is 12.3 Å². The Kier molecular flexibility index (Phi) is 26.7. The van der Waals surface area contributed by atoms with Crippen LogP contribution in [0.3, 0.4) is 0 Å². The molecule has 0 radical (unpaired) electrons. The van der Waals surface area contributed by atoms with Crippen LogP contribution in [0.15, 0.2) is 0 Å². The Bertz CT molecular complexity index is 1610. The van der Waals surface area contributed by atoms with Crippen LogP contribution in [0.2, 0.25) is 0 Å². The summed E-state index contributed by atoms with van der Waals surface area (Å²) in [4.78, 5) is 128. The van der Waals surface area contributed by atoms with E-state index < -0.39 is 144 Å². The topological polar surface area (TPSA) is 351 Å². The minimum Gasteiger partial charge on any atom is -0.480 e. The maximum atomic E-state index is 13.7. The number of carbonyl (C=O) groups excluding carboxylic acids is 9. The Morgan fingerprint density at radius 2 is 0.875 bits per heavy atom. The van der Waals surface area contributed by atoms with Gasteiger partial charge in [-0.25, -0.2) is 4.79 Å². The van der Waals surface area contributed by atoms with E-state index in [1.54, 1.807) is 55.4 Å². The van der Waals surface area contributed by atoms with Gasteiger partial charge in [-0.1, -0.05) is 75.7 Å². The van der Waals surface area contributed by atoms with Crippen LogP contribution < -0.4 is 59.3 Å². The van der Waals surface area contributed by atoms with Gasteiger partial charge in [-0.15, -0.1) is 0 Å². The van der Waals surface area contributed by atoms with Crippen LogP contribution in [-0.4, -0.2) is 132 Å². The highest BCUT2D eigenvalue weighted by Crippen LogP contribution is 2.12. The van der Waals surface area contributed by atoms with Gasteiger partial charge in [0, 0.05) is 0 Å². The van der Waals surface area contributed by atoms with Crippen LogP contribution in [0.5, 0.6) is 0 Å². The number of rotatable bonds is 29. The summed E-state index contributed by atoms with van der Waals surface area (Å²) in [7, 11) is 0. The average Bonchev–Trinajstić information content (AvgIpc) is 3.19. The molecule has 9 amide bonds. The molecule has 0 rings (SSSR count). The van der Waals surface area contributed by atoms with Gasteiger partial charge < -0.3 is 64.4 Å². The van der Waals surface area contributed by atoms with E-state index in [9.17, 15) is 53.1 Å². The third-order valence-electron chi connectivity index (χ3n) is 10.0. The zero-order valence-corrected chi connectivity index (χ0v) is 39.6. The molecule has 64 heavy (non-hydrogen) atoms. The molecule has 0 aliphatic rings. The Balaban J connectivity index is 5.51. The second-order valence-corrected chi connectivity index (χ2v) is 17.9. The number of nitrogens with one attached hydrogen (secondary N) is 9. The largest absolute Gasteiger partial charge is 0.480 e. The summed E-state index contributed by atoms with van der Waals surface area (Å²) in [6.07, 6.45) is 2.00. The fourth-order valence-corrected chi connectivity index (χ4v) is 6.06. The van der Waals surface area contributed by atoms with Crippen molar-refractivity contribution in [3.8, 4) is 0 Å². The third kappa shape index (κ3) is 21.8. The fraction of sp³-hybridized carbons (Fsp3) is 0.762. The number of carboxylic acid groups (broad SMARTS) is 1. The molecule has 0 heterocycles. The van der Waals surface area contributed by atoms with E-state index in [1.165, 1.54) is 13.8 Å². The monoisotopic (exact) mass is 912 g/mol. The lowest BCUT2D eigenvalue weighted by atomic mass is 9.97. The van der Waals surface area contributed by atoms with Gasteiger partial charge in [-0.05, 0) is 69.2 Å². The Morgan fingerprint density at radius 3 is 1.31 bits per heavy atom. The first-order chi connectivity index (χ1) is 29.6. The van der Waals surface area contributed by atoms with E-state index in [1.807, 2.05) is 13.8 Å². The van der Waals surface area contributed by atoms with Crippen molar-refractivity contribution in [2.45, 2.75) is 157 Å². The summed E-state index contributed by atoms with van der Waals surface area (Å²) in [6.45, 7) is 19.1. The second-order valence-electron chi connectivity index (χ2n) is 17.9. The van der Waals surface area contributed by atoms with Gasteiger partial charge >= 0.3 is 5.97 Å². The molecule has 0 aliphatic heterocycles. The van der Waals surface area contributed by atoms with E-state index in [0.29, 0.717) is 25.8 Å². The van der Waals surface area contributed by atoms with E-state index in [0.717, 1.165) is 0 Å². The first-order valence-electron chi connectivity index (χ1n) is 22.0. The SMILES string of the molecule is CC(C)CC(NC(=O)C(N)CCCCN)C(=O)NC(C(=O)NC(C(=O)NC(C(=O)NCC(=O)NC(C)C(=O)NC(C)C(=O)NCC(=O)NC(C(=O)O)C(C)C)C(C)C)C(C)C)C(C)C. The van der Waals surface area contributed by atoms with Crippen molar-refractivity contribution in [3.63, 3.8) is 0 Å². The molecular formula is C42H77N11O11. The lowest BCUT2D eigenvalue weighted by Crippen LogP contribution is -2.61. The number of unbranched alkanes of at least 4 members (excludes halogenated alkanes) is 1. The number of amides is 9. The van der Waals surface area contributed by atoms with E-state index >= 15 is 0 Å². The number of hydrogen-bond donors (Lipinski definition) is 12. The summed E-state index contributed by atoms with van der Waals surface area (Å²) in [5.41, 5.74) is 11.6. The summed E-state index contributed by atoms with van der Waals surface area (Å²) in [5, 5.41) is 31.9. The van der Waals surface area contributed by atoms with Crippen LogP contribution in [0.25, 0.3) is 0 Å². The Hall–Kier alpha value is -5.38. The van der Waals surface area contributed by atoms with Crippen molar-refractivity contribution >= 4 is 59.1 Å². The number of nitrogens with two attached hydrogens (primary N) is 2. The van der Waals surface area contributed by atoms with E-state index in [4.69, 9.17) is 11.5 Å². The first-order valence-corrected chi connectivity index (χ1v) is 22.0.